The molecule has 2 aliphatic carbocycles. The summed E-state index contributed by atoms with van der Waals surface area (Å²) in [7, 11) is 0. The van der Waals surface area contributed by atoms with Gasteiger partial charge in [0.25, 0.3) is 0 Å². The van der Waals surface area contributed by atoms with Crippen molar-refractivity contribution in [3.8, 4) is 11.8 Å². The largest absolute Gasteiger partial charge is 0.374 e. The minimum absolute atomic E-state index is 0.809. The third kappa shape index (κ3) is 4.61. The summed E-state index contributed by atoms with van der Waals surface area (Å²) in [6, 6.07) is 0. The topological polar surface area (TPSA) is 23.5 Å². The van der Waals surface area contributed by atoms with Crippen LogP contribution in [0.4, 0.5) is 0 Å². The van der Waals surface area contributed by atoms with E-state index in [0.29, 0.717) is 0 Å². The van der Waals surface area contributed by atoms with E-state index in [1.165, 1.54) is 82.9 Å². The molecule has 1 atom stereocenters. The minimum atomic E-state index is -0.809. The van der Waals surface area contributed by atoms with Gasteiger partial charge in [-0.1, -0.05) is 36.7 Å². The molecule has 2 heteroatoms. The van der Waals surface area contributed by atoms with E-state index in [4.69, 9.17) is 0 Å². The molecule has 3 fully saturated rings. The number of nitrogens with zero attached hydrogens (tertiary/aromatic N) is 1. The molecule has 0 aromatic rings. The van der Waals surface area contributed by atoms with Crippen LogP contribution in [-0.2, 0) is 0 Å². The summed E-state index contributed by atoms with van der Waals surface area (Å²) in [4.78, 5) is 2.47. The Kier molecular flexibility index (Phi) is 6.20. The SMILES string of the molecule is OC1(C#CCN2CCCCCC2)CCCCC1=C1CCCCC1. The second-order valence-corrected chi connectivity index (χ2v) is 7.70. The fourth-order valence-corrected chi connectivity index (χ4v) is 4.52. The molecule has 3 aliphatic rings. The number of hydrogen-bond donors (Lipinski definition) is 1. The lowest BCUT2D eigenvalue weighted by Gasteiger charge is -2.34. The van der Waals surface area contributed by atoms with E-state index in [-0.39, 0.29) is 0 Å². The van der Waals surface area contributed by atoms with Crippen molar-refractivity contribution in [1.82, 2.24) is 4.90 Å². The van der Waals surface area contributed by atoms with Crippen LogP contribution in [0.15, 0.2) is 11.1 Å². The van der Waals surface area contributed by atoms with Gasteiger partial charge in [0.1, 0.15) is 5.60 Å². The Morgan fingerprint density at radius 3 is 2.22 bits per heavy atom. The van der Waals surface area contributed by atoms with E-state index < -0.39 is 5.60 Å². The lowest BCUT2D eigenvalue weighted by Crippen LogP contribution is -2.34. The highest BCUT2D eigenvalue weighted by Crippen LogP contribution is 2.39. The first-order valence-electron chi connectivity index (χ1n) is 9.94. The molecule has 0 spiro atoms. The molecule has 2 saturated carbocycles. The first-order valence-corrected chi connectivity index (χ1v) is 9.94. The number of allylic oxidation sites excluding steroid dienone is 1. The number of rotatable bonds is 1. The van der Waals surface area contributed by atoms with Crippen molar-refractivity contribution in [2.45, 2.75) is 89.1 Å². The van der Waals surface area contributed by atoms with E-state index in [2.05, 4.69) is 16.7 Å². The molecule has 0 aromatic carbocycles. The summed E-state index contributed by atoms with van der Waals surface area (Å²) in [5.74, 6) is 6.67. The second-order valence-electron chi connectivity index (χ2n) is 7.70. The monoisotopic (exact) mass is 315 g/mol. The van der Waals surface area contributed by atoms with E-state index in [9.17, 15) is 5.11 Å². The van der Waals surface area contributed by atoms with Crippen LogP contribution in [0, 0.1) is 11.8 Å². The van der Waals surface area contributed by atoms with Gasteiger partial charge in [-0.05, 0) is 82.9 Å². The second kappa shape index (κ2) is 8.36. The maximum atomic E-state index is 11.2. The standard InChI is InChI=1S/C21H33NO/c23-21(15-10-18-22-16-8-1-2-9-17-22)14-7-6-13-20(21)19-11-4-3-5-12-19/h23H,1-9,11-14,16-18H2. The number of aliphatic hydroxyl groups is 1. The zero-order valence-electron chi connectivity index (χ0n) is 14.7. The molecule has 0 amide bonds. The Balaban J connectivity index is 1.69. The molecule has 1 saturated heterocycles. The fourth-order valence-electron chi connectivity index (χ4n) is 4.52. The van der Waals surface area contributed by atoms with Gasteiger partial charge in [-0.3, -0.25) is 4.90 Å². The molecule has 0 radical (unpaired) electrons. The summed E-state index contributed by atoms with van der Waals surface area (Å²) >= 11 is 0. The summed E-state index contributed by atoms with van der Waals surface area (Å²) in [6.07, 6.45) is 16.0. The number of hydrogen-bond acceptors (Lipinski definition) is 2. The minimum Gasteiger partial charge on any atom is -0.374 e. The van der Waals surface area contributed by atoms with E-state index in [1.807, 2.05) is 0 Å². The van der Waals surface area contributed by atoms with Crippen LogP contribution in [0.3, 0.4) is 0 Å². The third-order valence-electron chi connectivity index (χ3n) is 5.90. The van der Waals surface area contributed by atoms with Gasteiger partial charge in [0, 0.05) is 0 Å². The predicted octanol–water partition coefficient (Wildman–Crippen LogP) is 4.43. The zero-order chi connectivity index (χ0) is 16.0. The van der Waals surface area contributed by atoms with Crippen LogP contribution < -0.4 is 0 Å². The van der Waals surface area contributed by atoms with Crippen LogP contribution in [0.1, 0.15) is 83.5 Å². The molecule has 1 aliphatic heterocycles. The van der Waals surface area contributed by atoms with Crippen molar-refractivity contribution in [2.24, 2.45) is 0 Å². The molecule has 23 heavy (non-hydrogen) atoms. The molecule has 2 nitrogen and oxygen atoms in total. The molecule has 1 N–H and O–H groups in total. The van der Waals surface area contributed by atoms with Gasteiger partial charge in [0.2, 0.25) is 0 Å². The van der Waals surface area contributed by atoms with E-state index >= 15 is 0 Å². The lowest BCUT2D eigenvalue weighted by molar-refractivity contribution is 0.107. The van der Waals surface area contributed by atoms with Crippen molar-refractivity contribution < 1.29 is 5.11 Å². The highest BCUT2D eigenvalue weighted by atomic mass is 16.3. The van der Waals surface area contributed by atoms with Crippen molar-refractivity contribution in [3.63, 3.8) is 0 Å². The van der Waals surface area contributed by atoms with Gasteiger partial charge in [0.15, 0.2) is 0 Å². The first kappa shape index (κ1) is 17.1. The normalized spacial score (nSPS) is 30.5. The van der Waals surface area contributed by atoms with Gasteiger partial charge in [-0.25, -0.2) is 0 Å². The van der Waals surface area contributed by atoms with Crippen LogP contribution >= 0.6 is 0 Å². The molecule has 1 unspecified atom stereocenters. The van der Waals surface area contributed by atoms with Crippen LogP contribution in [0.5, 0.6) is 0 Å². The number of likely N-dealkylation sites (tertiary alicyclic amines) is 1. The summed E-state index contributed by atoms with van der Waals surface area (Å²) in [5, 5.41) is 11.2. The summed E-state index contributed by atoms with van der Waals surface area (Å²) in [5.41, 5.74) is 2.05. The van der Waals surface area contributed by atoms with Crippen LogP contribution in [0.2, 0.25) is 0 Å². The highest BCUT2D eigenvalue weighted by Gasteiger charge is 2.34. The van der Waals surface area contributed by atoms with Gasteiger partial charge in [-0.15, -0.1) is 0 Å². The quantitative estimate of drug-likeness (QED) is 0.571. The Bertz CT molecular complexity index is 468. The molecular weight excluding hydrogens is 282 g/mol. The van der Waals surface area contributed by atoms with Gasteiger partial charge in [-0.2, -0.15) is 0 Å². The third-order valence-corrected chi connectivity index (χ3v) is 5.90. The van der Waals surface area contributed by atoms with E-state index in [0.717, 1.165) is 25.8 Å². The molecule has 128 valence electrons. The van der Waals surface area contributed by atoms with Gasteiger partial charge in [0.05, 0.1) is 6.54 Å². The predicted molar refractivity (Wildman–Crippen MR) is 96.2 cm³/mol. The van der Waals surface area contributed by atoms with Crippen molar-refractivity contribution in [3.05, 3.63) is 11.1 Å². The Morgan fingerprint density at radius 1 is 0.826 bits per heavy atom. The zero-order valence-corrected chi connectivity index (χ0v) is 14.7. The van der Waals surface area contributed by atoms with Crippen LogP contribution in [0.25, 0.3) is 0 Å². The molecule has 3 rings (SSSR count). The lowest BCUT2D eigenvalue weighted by atomic mass is 9.75. The molecular formula is C21H33NO. The molecule has 0 bridgehead atoms. The maximum absolute atomic E-state index is 11.2. The van der Waals surface area contributed by atoms with Crippen LogP contribution in [-0.4, -0.2) is 35.2 Å². The Morgan fingerprint density at radius 2 is 1.48 bits per heavy atom. The average Bonchev–Trinajstić information content (AvgIpc) is 2.85. The first-order chi connectivity index (χ1) is 11.3. The maximum Gasteiger partial charge on any atom is 0.147 e. The van der Waals surface area contributed by atoms with E-state index in [1.54, 1.807) is 5.57 Å². The molecule has 0 aromatic heterocycles. The fraction of sp³-hybridized carbons (Fsp3) is 0.810. The smallest absolute Gasteiger partial charge is 0.147 e. The molecule has 1 heterocycles. The average molecular weight is 316 g/mol. The highest BCUT2D eigenvalue weighted by molar-refractivity contribution is 5.36. The van der Waals surface area contributed by atoms with Crippen molar-refractivity contribution >= 4 is 0 Å². The van der Waals surface area contributed by atoms with Gasteiger partial charge < -0.3 is 5.11 Å². The summed E-state index contributed by atoms with van der Waals surface area (Å²) < 4.78 is 0. The van der Waals surface area contributed by atoms with Crippen molar-refractivity contribution in [2.75, 3.05) is 19.6 Å². The van der Waals surface area contributed by atoms with Gasteiger partial charge >= 0.3 is 0 Å². The summed E-state index contributed by atoms with van der Waals surface area (Å²) in [6.45, 7) is 3.20. The van der Waals surface area contributed by atoms with Crippen molar-refractivity contribution in [1.29, 1.82) is 0 Å². The Hall–Kier alpha value is -0.780. The Labute approximate surface area is 142 Å².